The van der Waals surface area contributed by atoms with Crippen LogP contribution in [0.2, 0.25) is 5.02 Å². The van der Waals surface area contributed by atoms with Crippen LogP contribution in [0, 0.1) is 13.8 Å². The number of benzene rings is 2. The van der Waals surface area contributed by atoms with Crippen molar-refractivity contribution in [2.24, 2.45) is 0 Å². The number of hydrogen-bond acceptors (Lipinski definition) is 3. The van der Waals surface area contributed by atoms with E-state index < -0.39 is 0 Å². The molecule has 0 unspecified atom stereocenters. The van der Waals surface area contributed by atoms with Gasteiger partial charge in [-0.1, -0.05) is 48.0 Å². The van der Waals surface area contributed by atoms with Crippen molar-refractivity contribution in [1.82, 2.24) is 15.0 Å². The Hall–Kier alpha value is -2.78. The smallest absolute Gasteiger partial charge is 0.179 e. The molecular weight excluding hydrogens is 330 g/mol. The normalized spacial score (nSPS) is 11.0. The van der Waals surface area contributed by atoms with E-state index in [4.69, 9.17) is 21.6 Å². The summed E-state index contributed by atoms with van der Waals surface area (Å²) < 4.78 is 0. The lowest BCUT2D eigenvalue weighted by molar-refractivity contribution is 1.14. The minimum absolute atomic E-state index is 0.622. The van der Waals surface area contributed by atoms with Gasteiger partial charge in [-0.05, 0) is 43.7 Å². The van der Waals surface area contributed by atoms with Gasteiger partial charge in [-0.25, -0.2) is 15.0 Å². The van der Waals surface area contributed by atoms with E-state index in [1.165, 1.54) is 0 Å². The van der Waals surface area contributed by atoms with Crippen molar-refractivity contribution in [3.05, 3.63) is 76.9 Å². The fourth-order valence-corrected chi connectivity index (χ4v) is 3.10. The largest absolute Gasteiger partial charge is 0.250 e. The molecule has 0 aliphatic rings. The van der Waals surface area contributed by atoms with E-state index >= 15 is 0 Å². The molecule has 0 amide bonds. The number of nitrogens with zero attached hydrogens (tertiary/aromatic N) is 3. The van der Waals surface area contributed by atoms with Gasteiger partial charge in [-0.15, -0.1) is 0 Å². The summed E-state index contributed by atoms with van der Waals surface area (Å²) in [6.07, 6.45) is 0. The summed E-state index contributed by atoms with van der Waals surface area (Å²) in [6, 6.07) is 19.8. The van der Waals surface area contributed by atoms with Gasteiger partial charge in [-0.2, -0.15) is 0 Å². The molecule has 4 heteroatoms. The highest BCUT2D eigenvalue weighted by Crippen LogP contribution is 2.33. The molecule has 2 aromatic carbocycles. The van der Waals surface area contributed by atoms with Gasteiger partial charge in [0.25, 0.3) is 0 Å². The van der Waals surface area contributed by atoms with Gasteiger partial charge < -0.3 is 0 Å². The molecule has 0 spiro atoms. The molecule has 0 atom stereocenters. The molecule has 2 heterocycles. The monoisotopic (exact) mass is 345 g/mol. The summed E-state index contributed by atoms with van der Waals surface area (Å²) in [6.45, 7) is 3.98. The number of aromatic nitrogens is 3. The molecule has 4 rings (SSSR count). The Balaban J connectivity index is 2.04. The quantitative estimate of drug-likeness (QED) is 0.472. The van der Waals surface area contributed by atoms with Crippen molar-refractivity contribution in [1.29, 1.82) is 0 Å². The summed E-state index contributed by atoms with van der Waals surface area (Å²) in [5, 5.41) is 1.74. The Morgan fingerprint density at radius 3 is 2.40 bits per heavy atom. The number of pyridine rings is 1. The highest BCUT2D eigenvalue weighted by Gasteiger charge is 2.14. The molecule has 0 bridgehead atoms. The third kappa shape index (κ3) is 2.87. The standard InChI is InChI=1S/C21H16ClN3/c1-13-7-5-12-19(23-13)21-24-18-11-4-3-8-16(18)20(25-21)15-9-6-10-17(22)14(15)2/h3-12H,1-2H3. The third-order valence-electron chi connectivity index (χ3n) is 4.24. The zero-order valence-corrected chi connectivity index (χ0v) is 14.7. The SMILES string of the molecule is Cc1cccc(-c2nc(-c3cccc(Cl)c3C)c3ccccc3n2)n1. The third-order valence-corrected chi connectivity index (χ3v) is 4.65. The first-order valence-electron chi connectivity index (χ1n) is 8.10. The number of aryl methyl sites for hydroxylation is 1. The first-order valence-corrected chi connectivity index (χ1v) is 8.47. The van der Waals surface area contributed by atoms with Crippen molar-refractivity contribution in [2.75, 3.05) is 0 Å². The fourth-order valence-electron chi connectivity index (χ4n) is 2.93. The van der Waals surface area contributed by atoms with Crippen molar-refractivity contribution < 1.29 is 0 Å². The van der Waals surface area contributed by atoms with Crippen LogP contribution in [0.5, 0.6) is 0 Å². The molecule has 0 radical (unpaired) electrons. The molecule has 0 aliphatic carbocycles. The lowest BCUT2D eigenvalue weighted by Gasteiger charge is -2.12. The van der Waals surface area contributed by atoms with Gasteiger partial charge in [0.15, 0.2) is 5.82 Å². The zero-order valence-electron chi connectivity index (χ0n) is 14.0. The topological polar surface area (TPSA) is 38.7 Å². The molecular formula is C21H16ClN3. The molecule has 0 saturated heterocycles. The van der Waals surface area contributed by atoms with E-state index in [1.807, 2.05) is 74.5 Å². The Bertz CT molecular complexity index is 1090. The molecule has 0 fully saturated rings. The Kier molecular flexibility index (Phi) is 3.94. The van der Waals surface area contributed by atoms with E-state index in [-0.39, 0.29) is 0 Å². The van der Waals surface area contributed by atoms with Crippen LogP contribution in [0.15, 0.2) is 60.7 Å². The van der Waals surface area contributed by atoms with Crippen molar-refractivity contribution >= 4 is 22.5 Å². The van der Waals surface area contributed by atoms with Gasteiger partial charge in [0, 0.05) is 21.7 Å². The second-order valence-corrected chi connectivity index (χ2v) is 6.40. The summed E-state index contributed by atoms with van der Waals surface area (Å²) in [7, 11) is 0. The van der Waals surface area contributed by atoms with E-state index in [2.05, 4.69) is 4.98 Å². The van der Waals surface area contributed by atoms with Gasteiger partial charge in [0.2, 0.25) is 0 Å². The minimum Gasteiger partial charge on any atom is -0.250 e. The first kappa shape index (κ1) is 15.7. The van der Waals surface area contributed by atoms with Gasteiger partial charge in [0.05, 0.1) is 11.2 Å². The van der Waals surface area contributed by atoms with Crippen LogP contribution in [0.1, 0.15) is 11.3 Å². The van der Waals surface area contributed by atoms with Gasteiger partial charge in [-0.3, -0.25) is 0 Å². The maximum Gasteiger partial charge on any atom is 0.179 e. The first-order chi connectivity index (χ1) is 12.1. The van der Waals surface area contributed by atoms with Crippen LogP contribution in [-0.4, -0.2) is 15.0 Å². The molecule has 0 aliphatic heterocycles. The lowest BCUT2D eigenvalue weighted by atomic mass is 10.0. The maximum absolute atomic E-state index is 6.34. The van der Waals surface area contributed by atoms with Gasteiger partial charge >= 0.3 is 0 Å². The molecule has 2 aromatic heterocycles. The van der Waals surface area contributed by atoms with Crippen molar-refractivity contribution in [3.8, 4) is 22.8 Å². The molecule has 3 nitrogen and oxygen atoms in total. The van der Waals surface area contributed by atoms with Crippen LogP contribution in [-0.2, 0) is 0 Å². The van der Waals surface area contributed by atoms with E-state index in [1.54, 1.807) is 0 Å². The average molecular weight is 346 g/mol. The second-order valence-electron chi connectivity index (χ2n) is 5.99. The Morgan fingerprint density at radius 2 is 1.56 bits per heavy atom. The van der Waals surface area contributed by atoms with Crippen LogP contribution in [0.25, 0.3) is 33.7 Å². The van der Waals surface area contributed by atoms with Crippen LogP contribution in [0.4, 0.5) is 0 Å². The summed E-state index contributed by atoms with van der Waals surface area (Å²) >= 11 is 6.34. The maximum atomic E-state index is 6.34. The molecule has 0 saturated carbocycles. The van der Waals surface area contributed by atoms with E-state index in [0.717, 1.165) is 44.1 Å². The van der Waals surface area contributed by atoms with Crippen molar-refractivity contribution in [2.45, 2.75) is 13.8 Å². The van der Waals surface area contributed by atoms with E-state index in [9.17, 15) is 0 Å². The number of rotatable bonds is 2. The summed E-state index contributed by atoms with van der Waals surface area (Å²) in [5.74, 6) is 0.622. The van der Waals surface area contributed by atoms with Crippen LogP contribution >= 0.6 is 11.6 Å². The number of para-hydroxylation sites is 1. The Morgan fingerprint density at radius 1 is 0.760 bits per heavy atom. The minimum atomic E-state index is 0.622. The van der Waals surface area contributed by atoms with Crippen LogP contribution < -0.4 is 0 Å². The second kappa shape index (κ2) is 6.26. The zero-order chi connectivity index (χ0) is 17.4. The number of fused-ring (bicyclic) bond motifs is 1. The predicted octanol–water partition coefficient (Wildman–Crippen LogP) is 5.63. The average Bonchev–Trinajstić information content (AvgIpc) is 2.63. The molecule has 0 N–H and O–H groups in total. The van der Waals surface area contributed by atoms with Crippen LogP contribution in [0.3, 0.4) is 0 Å². The predicted molar refractivity (Wildman–Crippen MR) is 103 cm³/mol. The van der Waals surface area contributed by atoms with Crippen molar-refractivity contribution in [3.63, 3.8) is 0 Å². The summed E-state index contributed by atoms with van der Waals surface area (Å²) in [4.78, 5) is 14.1. The fraction of sp³-hybridized carbons (Fsp3) is 0.0952. The molecule has 4 aromatic rings. The number of halogens is 1. The molecule has 25 heavy (non-hydrogen) atoms. The number of hydrogen-bond donors (Lipinski definition) is 0. The Labute approximate surface area is 151 Å². The van der Waals surface area contributed by atoms with Gasteiger partial charge in [0.1, 0.15) is 5.69 Å². The molecule has 122 valence electrons. The lowest BCUT2D eigenvalue weighted by Crippen LogP contribution is -1.98. The summed E-state index contributed by atoms with van der Waals surface area (Å²) in [5.41, 5.74) is 5.51. The highest BCUT2D eigenvalue weighted by molar-refractivity contribution is 6.31. The van der Waals surface area contributed by atoms with E-state index in [0.29, 0.717) is 5.82 Å². The highest BCUT2D eigenvalue weighted by atomic mass is 35.5.